The van der Waals surface area contributed by atoms with Crippen molar-refractivity contribution in [1.29, 1.82) is 0 Å². The van der Waals surface area contributed by atoms with Crippen molar-refractivity contribution in [2.75, 3.05) is 0 Å². The first-order valence-corrected chi connectivity index (χ1v) is 7.69. The van der Waals surface area contributed by atoms with Crippen molar-refractivity contribution in [3.8, 4) is 0 Å². The number of hydrogen-bond donors (Lipinski definition) is 0. The van der Waals surface area contributed by atoms with Crippen LogP contribution in [0.15, 0.2) is 47.7 Å². The molecule has 0 aromatic heterocycles. The maximum atomic E-state index is 13.8. The van der Waals surface area contributed by atoms with Gasteiger partial charge in [-0.1, -0.05) is 35.9 Å². The molecule has 0 bridgehead atoms. The smallest absolute Gasteiger partial charge is 0.263 e. The van der Waals surface area contributed by atoms with Gasteiger partial charge in [-0.15, -0.1) is 4.91 Å². The van der Waals surface area contributed by atoms with Crippen LogP contribution in [0.25, 0.3) is 6.08 Å². The fourth-order valence-corrected chi connectivity index (χ4v) is 2.72. The van der Waals surface area contributed by atoms with E-state index in [2.05, 4.69) is 5.18 Å². The van der Waals surface area contributed by atoms with Gasteiger partial charge in [0.2, 0.25) is 0 Å². The summed E-state index contributed by atoms with van der Waals surface area (Å²) in [6.07, 6.45) is -2.62. The van der Waals surface area contributed by atoms with Crippen LogP contribution in [0.5, 0.6) is 0 Å². The minimum absolute atomic E-state index is 0.0452. The van der Waals surface area contributed by atoms with E-state index in [9.17, 15) is 27.3 Å². The van der Waals surface area contributed by atoms with E-state index in [1.807, 2.05) is 0 Å². The molecule has 1 amide bonds. The van der Waals surface area contributed by atoms with Crippen molar-refractivity contribution in [3.63, 3.8) is 0 Å². The van der Waals surface area contributed by atoms with Crippen LogP contribution in [-0.4, -0.2) is 12.1 Å². The fourth-order valence-electron chi connectivity index (χ4n) is 2.42. The van der Waals surface area contributed by atoms with Gasteiger partial charge in [0.1, 0.15) is 5.82 Å². The molecule has 2 aromatic carbocycles. The minimum Gasteiger partial charge on any atom is -0.263 e. The fraction of sp³-hybridized carbons (Fsp3) is 0.167. The summed E-state index contributed by atoms with van der Waals surface area (Å²) in [5, 5.41) is 2.28. The molecule has 2 aromatic rings. The summed E-state index contributed by atoms with van der Waals surface area (Å²) < 4.78 is 54.0. The highest BCUT2D eigenvalue weighted by Crippen LogP contribution is 2.37. The SMILES string of the molecule is Cc1cc(Cl)cc(C(/C=C/c2ccc(C(=O)N=O)c(F)c2)C(F)(F)F)c1. The van der Waals surface area contributed by atoms with Crippen molar-refractivity contribution in [1.82, 2.24) is 0 Å². The summed E-state index contributed by atoms with van der Waals surface area (Å²) in [4.78, 5) is 21.3. The lowest BCUT2D eigenvalue weighted by atomic mass is 9.95. The van der Waals surface area contributed by atoms with Gasteiger partial charge in [-0.3, -0.25) is 4.79 Å². The van der Waals surface area contributed by atoms with Crippen molar-refractivity contribution >= 4 is 23.6 Å². The Kier molecular flexibility index (Phi) is 5.92. The van der Waals surface area contributed by atoms with E-state index >= 15 is 0 Å². The molecule has 0 aliphatic carbocycles. The number of benzene rings is 2. The van der Waals surface area contributed by atoms with E-state index < -0.39 is 29.4 Å². The molecule has 0 fully saturated rings. The molecule has 136 valence electrons. The van der Waals surface area contributed by atoms with Gasteiger partial charge in [0.25, 0.3) is 0 Å². The molecule has 1 unspecified atom stereocenters. The third kappa shape index (κ3) is 4.76. The second kappa shape index (κ2) is 7.78. The quantitative estimate of drug-likeness (QED) is 0.475. The molecule has 0 N–H and O–H groups in total. The van der Waals surface area contributed by atoms with Crippen molar-refractivity contribution < 1.29 is 22.4 Å². The van der Waals surface area contributed by atoms with Crippen molar-refractivity contribution in [2.45, 2.75) is 19.0 Å². The molecule has 0 heterocycles. The first-order valence-electron chi connectivity index (χ1n) is 7.31. The van der Waals surface area contributed by atoms with Crippen LogP contribution in [0.4, 0.5) is 17.6 Å². The molecule has 0 spiro atoms. The molecule has 3 nitrogen and oxygen atoms in total. The highest BCUT2D eigenvalue weighted by molar-refractivity contribution is 6.30. The van der Waals surface area contributed by atoms with Gasteiger partial charge in [-0.25, -0.2) is 4.39 Å². The molecular weight excluding hydrogens is 374 g/mol. The molecule has 0 saturated carbocycles. The van der Waals surface area contributed by atoms with Gasteiger partial charge >= 0.3 is 12.1 Å². The number of carbonyl (C=O) groups is 1. The molecule has 0 saturated heterocycles. The molecular formula is C18H12ClF4NO2. The van der Waals surface area contributed by atoms with E-state index in [0.29, 0.717) is 5.56 Å². The zero-order valence-electron chi connectivity index (χ0n) is 13.3. The number of carbonyl (C=O) groups excluding carboxylic acids is 1. The average molecular weight is 386 g/mol. The highest BCUT2D eigenvalue weighted by atomic mass is 35.5. The van der Waals surface area contributed by atoms with Crippen LogP contribution < -0.4 is 0 Å². The molecule has 26 heavy (non-hydrogen) atoms. The summed E-state index contributed by atoms with van der Waals surface area (Å²) in [5.74, 6) is -4.28. The Morgan fingerprint density at radius 3 is 2.42 bits per heavy atom. The Hall–Kier alpha value is -2.54. The summed E-state index contributed by atoms with van der Waals surface area (Å²) in [5.41, 5.74) is 0.0783. The summed E-state index contributed by atoms with van der Waals surface area (Å²) in [7, 11) is 0. The highest BCUT2D eigenvalue weighted by Gasteiger charge is 2.39. The zero-order valence-corrected chi connectivity index (χ0v) is 14.1. The van der Waals surface area contributed by atoms with E-state index in [0.717, 1.165) is 24.3 Å². The number of rotatable bonds is 4. The normalized spacial score (nSPS) is 13.0. The molecule has 8 heteroatoms. The van der Waals surface area contributed by atoms with Crippen molar-refractivity contribution in [2.24, 2.45) is 5.18 Å². The molecule has 0 aliphatic heterocycles. The van der Waals surface area contributed by atoms with Gasteiger partial charge in [0.05, 0.1) is 11.5 Å². The molecule has 0 radical (unpaired) electrons. The number of alkyl halides is 3. The lowest BCUT2D eigenvalue weighted by molar-refractivity contribution is -0.139. The number of aryl methyl sites for hydroxylation is 1. The Balaban J connectivity index is 2.39. The third-order valence-corrected chi connectivity index (χ3v) is 3.78. The Bertz CT molecular complexity index is 858. The van der Waals surface area contributed by atoms with Gasteiger partial charge in [-0.05, 0) is 47.9 Å². The number of allylic oxidation sites excluding steroid dienone is 1. The van der Waals surface area contributed by atoms with Crippen LogP contribution >= 0.6 is 11.6 Å². The average Bonchev–Trinajstić information content (AvgIpc) is 2.52. The zero-order chi connectivity index (χ0) is 19.5. The first kappa shape index (κ1) is 19.8. The third-order valence-electron chi connectivity index (χ3n) is 3.56. The Morgan fingerprint density at radius 2 is 1.88 bits per heavy atom. The van der Waals surface area contributed by atoms with Crippen LogP contribution in [0.3, 0.4) is 0 Å². The van der Waals surface area contributed by atoms with Crippen LogP contribution in [0.1, 0.15) is 33.0 Å². The number of nitroso groups, excluding NO2 is 1. The summed E-state index contributed by atoms with van der Waals surface area (Å²) >= 11 is 5.84. The van der Waals surface area contributed by atoms with Gasteiger partial charge < -0.3 is 0 Å². The van der Waals surface area contributed by atoms with E-state index in [1.165, 1.54) is 24.3 Å². The number of nitrogens with zero attached hydrogens (tertiary/aromatic N) is 1. The molecule has 2 rings (SSSR count). The lowest BCUT2D eigenvalue weighted by Gasteiger charge is -2.18. The van der Waals surface area contributed by atoms with E-state index in [1.54, 1.807) is 6.92 Å². The van der Waals surface area contributed by atoms with Crippen molar-refractivity contribution in [3.05, 3.63) is 80.5 Å². The topological polar surface area (TPSA) is 46.5 Å². The first-order chi connectivity index (χ1) is 12.1. The monoisotopic (exact) mass is 385 g/mol. The van der Waals surface area contributed by atoms with Gasteiger partial charge in [-0.2, -0.15) is 13.2 Å². The standard InChI is InChI=1S/C18H12ClF4NO2/c1-10-6-12(9-13(19)7-10)15(18(21,22)23)5-3-11-2-4-14(16(20)8-11)17(25)24-26/h2-9,15H,1H3/b5-3+. The predicted molar refractivity (Wildman–Crippen MR) is 90.5 cm³/mol. The number of amides is 1. The Labute approximate surface area is 151 Å². The number of halogens is 5. The van der Waals surface area contributed by atoms with Gasteiger partial charge in [0.15, 0.2) is 0 Å². The van der Waals surface area contributed by atoms with Crippen LogP contribution in [-0.2, 0) is 0 Å². The number of hydrogen-bond acceptors (Lipinski definition) is 2. The predicted octanol–water partition coefficient (Wildman–Crippen LogP) is 6.05. The maximum Gasteiger partial charge on any atom is 0.399 e. The summed E-state index contributed by atoms with van der Waals surface area (Å²) in [6, 6.07) is 7.18. The minimum atomic E-state index is -4.58. The second-order valence-corrected chi connectivity index (χ2v) is 6.01. The van der Waals surface area contributed by atoms with Crippen LogP contribution in [0.2, 0.25) is 5.02 Å². The van der Waals surface area contributed by atoms with Gasteiger partial charge in [0, 0.05) is 10.2 Å². The largest absolute Gasteiger partial charge is 0.399 e. The molecule has 0 aliphatic rings. The maximum absolute atomic E-state index is 13.8. The van der Waals surface area contributed by atoms with E-state index in [-0.39, 0.29) is 16.1 Å². The lowest BCUT2D eigenvalue weighted by Crippen LogP contribution is -2.19. The molecule has 1 atom stereocenters. The Morgan fingerprint density at radius 1 is 1.19 bits per heavy atom. The van der Waals surface area contributed by atoms with E-state index in [4.69, 9.17) is 11.6 Å². The second-order valence-electron chi connectivity index (χ2n) is 5.58. The summed E-state index contributed by atoms with van der Waals surface area (Å²) in [6.45, 7) is 1.62. The van der Waals surface area contributed by atoms with Crippen LogP contribution in [0, 0.1) is 17.6 Å².